The number of rotatable bonds is 11. The second-order valence-electron chi connectivity index (χ2n) is 17.9. The van der Waals surface area contributed by atoms with E-state index in [2.05, 4.69) is 41.7 Å². The van der Waals surface area contributed by atoms with Crippen molar-refractivity contribution in [2.24, 2.45) is 11.3 Å². The van der Waals surface area contributed by atoms with Gasteiger partial charge in [0.05, 0.1) is 17.4 Å². The number of pyridine rings is 1. The molecule has 4 fully saturated rings. The Morgan fingerprint density at radius 2 is 1.78 bits per heavy atom. The lowest BCUT2D eigenvalue weighted by molar-refractivity contribution is -0.137. The van der Waals surface area contributed by atoms with Crippen molar-refractivity contribution < 1.29 is 28.3 Å². The number of ether oxygens (including phenoxy) is 1. The highest BCUT2D eigenvalue weighted by Crippen LogP contribution is 2.44. The highest BCUT2D eigenvalue weighted by molar-refractivity contribution is 6.33. The molecule has 332 valence electrons. The topological polar surface area (TPSA) is 174 Å². The number of carbonyl (C=O) groups excluding carboxylic acids is 4. The van der Waals surface area contributed by atoms with E-state index in [9.17, 15) is 24.0 Å². The maximum atomic E-state index is 16.2. The number of hydrogen-bond donors (Lipinski definition) is 3. The van der Waals surface area contributed by atoms with Crippen LogP contribution in [-0.2, 0) is 20.9 Å². The molecule has 4 saturated heterocycles. The van der Waals surface area contributed by atoms with Gasteiger partial charge in [-0.25, -0.2) is 9.37 Å². The molecule has 5 aliphatic rings. The summed E-state index contributed by atoms with van der Waals surface area (Å²) < 4.78 is 23.2. The van der Waals surface area contributed by atoms with Crippen LogP contribution in [0.1, 0.15) is 74.3 Å². The number of nitrogens with one attached hydrogen (secondary N) is 3. The number of piperidine rings is 3. The smallest absolute Gasteiger partial charge is 0.293 e. The van der Waals surface area contributed by atoms with Crippen LogP contribution in [0.4, 0.5) is 27.5 Å². The molecule has 0 saturated carbocycles. The average Bonchev–Trinajstić information content (AvgIpc) is 3.58. The Bertz CT molecular complexity index is 2550. The molecule has 0 aliphatic carbocycles. The highest BCUT2D eigenvalue weighted by atomic mass is 35.5. The third kappa shape index (κ3) is 8.28. The van der Waals surface area contributed by atoms with Gasteiger partial charge in [0.2, 0.25) is 17.8 Å². The summed E-state index contributed by atoms with van der Waals surface area (Å²) in [6, 6.07) is 9.63. The summed E-state index contributed by atoms with van der Waals surface area (Å²) in [6.45, 7) is 10.4. The summed E-state index contributed by atoms with van der Waals surface area (Å²) in [7, 11) is 1.46. The van der Waals surface area contributed by atoms with Gasteiger partial charge in [-0.2, -0.15) is 4.98 Å². The van der Waals surface area contributed by atoms with Gasteiger partial charge in [-0.3, -0.25) is 29.3 Å². The Morgan fingerprint density at radius 1 is 1.02 bits per heavy atom. The highest BCUT2D eigenvalue weighted by Gasteiger charge is 2.46. The molecule has 3 N–H and O–H groups in total. The molecule has 9 rings (SSSR count). The molecule has 1 spiro atoms. The Hall–Kier alpha value is -5.81. The van der Waals surface area contributed by atoms with E-state index in [1.54, 1.807) is 17.0 Å². The van der Waals surface area contributed by atoms with Gasteiger partial charge in [0.15, 0.2) is 24.0 Å². The molecule has 63 heavy (non-hydrogen) atoms. The molecular formula is C45H52ClFN10O6. The Kier molecular flexibility index (Phi) is 11.5. The van der Waals surface area contributed by atoms with Crippen LogP contribution in [0.2, 0.25) is 5.02 Å². The molecule has 2 aromatic heterocycles. The molecule has 1 unspecified atom stereocenters. The van der Waals surface area contributed by atoms with Gasteiger partial charge < -0.3 is 39.5 Å². The SMILES string of the molecule is CNC(=O)COc1cc2c(F)c(Nc3nc(N4CCC(CN5CCC6(CC5)CN(c5ccc7c(c5)CN(C5CCC(=O)NC5=O)C7=O)C6)CC4)ncc3Cl)ccc2n(C(C)C)c1=O. The van der Waals surface area contributed by atoms with Crippen molar-refractivity contribution in [2.45, 2.75) is 71.0 Å². The van der Waals surface area contributed by atoms with E-state index in [4.69, 9.17) is 21.3 Å². The zero-order valence-corrected chi connectivity index (χ0v) is 36.5. The van der Waals surface area contributed by atoms with Crippen molar-refractivity contribution in [3.8, 4) is 5.75 Å². The molecule has 18 heteroatoms. The summed E-state index contributed by atoms with van der Waals surface area (Å²) in [5, 5.41) is 8.24. The van der Waals surface area contributed by atoms with Crippen LogP contribution in [0.5, 0.6) is 5.75 Å². The standard InChI is InChI=1S/C45H52ClFN10O6/c1-26(2)57-34-7-6-33(39(47)31(34)19-36(43(57)62)63-23-38(59)48-3)50-40-32(46)20-49-44(52-40)54-14-10-27(11-15-54)21-53-16-12-45(13-17-53)24-55(25-45)29-4-5-30-28(18-29)22-56(42(30)61)35-8-9-37(58)51-41(35)60/h4-7,18-20,26-27,35H,8-17,21-25H2,1-3H3,(H,48,59)(H,49,50,52)(H,51,58,60). The maximum Gasteiger partial charge on any atom is 0.293 e. The quantitative estimate of drug-likeness (QED) is 0.179. The summed E-state index contributed by atoms with van der Waals surface area (Å²) in [5.41, 5.74) is 3.01. The summed E-state index contributed by atoms with van der Waals surface area (Å²) in [4.78, 5) is 80.4. The van der Waals surface area contributed by atoms with Gasteiger partial charge in [0, 0.05) is 80.8 Å². The molecule has 1 atom stereocenters. The summed E-state index contributed by atoms with van der Waals surface area (Å²) >= 11 is 6.55. The Morgan fingerprint density at radius 3 is 2.49 bits per heavy atom. The lowest BCUT2D eigenvalue weighted by Crippen LogP contribution is -2.60. The first kappa shape index (κ1) is 42.5. The summed E-state index contributed by atoms with van der Waals surface area (Å²) in [6.07, 6.45) is 6.39. The lowest BCUT2D eigenvalue weighted by atomic mass is 9.71. The minimum Gasteiger partial charge on any atom is -0.478 e. The number of halogens is 2. The van der Waals surface area contributed by atoms with E-state index >= 15 is 4.39 Å². The van der Waals surface area contributed by atoms with Crippen LogP contribution in [0.3, 0.4) is 0 Å². The molecule has 0 bridgehead atoms. The zero-order valence-electron chi connectivity index (χ0n) is 35.7. The van der Waals surface area contributed by atoms with Gasteiger partial charge in [-0.15, -0.1) is 0 Å². The van der Waals surface area contributed by atoms with Gasteiger partial charge >= 0.3 is 0 Å². The van der Waals surface area contributed by atoms with E-state index in [-0.39, 0.29) is 58.5 Å². The number of amides is 4. The van der Waals surface area contributed by atoms with Crippen LogP contribution < -0.4 is 36.0 Å². The number of imide groups is 1. The first-order valence-electron chi connectivity index (χ1n) is 21.8. The average molecular weight is 883 g/mol. The van der Waals surface area contributed by atoms with Crippen molar-refractivity contribution in [2.75, 3.05) is 74.6 Å². The van der Waals surface area contributed by atoms with Crippen molar-refractivity contribution in [3.63, 3.8) is 0 Å². The van der Waals surface area contributed by atoms with E-state index in [1.807, 2.05) is 26.0 Å². The summed E-state index contributed by atoms with van der Waals surface area (Å²) in [5.74, 6) is -0.684. The molecule has 4 amide bonds. The zero-order chi connectivity index (χ0) is 44.2. The van der Waals surface area contributed by atoms with E-state index < -0.39 is 29.2 Å². The molecule has 2 aromatic carbocycles. The minimum absolute atomic E-state index is 0.109. The van der Waals surface area contributed by atoms with Crippen molar-refractivity contribution in [1.82, 2.24) is 35.0 Å². The maximum absolute atomic E-state index is 16.2. The molecular weight excluding hydrogens is 831 g/mol. The number of likely N-dealkylation sites (N-methyl/N-ethyl adjacent to an activating group) is 1. The first-order valence-corrected chi connectivity index (χ1v) is 22.2. The van der Waals surface area contributed by atoms with Gasteiger partial charge in [-0.1, -0.05) is 11.6 Å². The second kappa shape index (κ2) is 17.1. The fourth-order valence-electron chi connectivity index (χ4n) is 9.91. The fourth-order valence-corrected chi connectivity index (χ4v) is 10.1. The number of likely N-dealkylation sites (tertiary alicyclic amines) is 1. The molecule has 5 aliphatic heterocycles. The number of hydrogen-bond acceptors (Lipinski definition) is 12. The van der Waals surface area contributed by atoms with Crippen LogP contribution in [0.25, 0.3) is 10.9 Å². The third-order valence-electron chi connectivity index (χ3n) is 13.5. The van der Waals surface area contributed by atoms with E-state index in [1.165, 1.54) is 23.9 Å². The number of carbonyl (C=O) groups is 4. The van der Waals surface area contributed by atoms with Gasteiger partial charge in [0.25, 0.3) is 17.4 Å². The van der Waals surface area contributed by atoms with Crippen molar-refractivity contribution in [1.29, 1.82) is 0 Å². The Labute approximate surface area is 369 Å². The van der Waals surface area contributed by atoms with Crippen molar-refractivity contribution >= 4 is 69.3 Å². The largest absolute Gasteiger partial charge is 0.478 e. The lowest BCUT2D eigenvalue weighted by Gasteiger charge is -2.55. The van der Waals surface area contributed by atoms with Crippen LogP contribution in [0.15, 0.2) is 47.4 Å². The third-order valence-corrected chi connectivity index (χ3v) is 13.8. The molecule has 7 heterocycles. The fraction of sp³-hybridized carbons (Fsp3) is 0.489. The molecule has 16 nitrogen and oxygen atoms in total. The normalized spacial score (nSPS) is 20.3. The predicted octanol–water partition coefficient (Wildman–Crippen LogP) is 4.61. The molecule has 0 radical (unpaired) electrons. The monoisotopic (exact) mass is 882 g/mol. The minimum atomic E-state index is -0.624. The first-order chi connectivity index (χ1) is 30.3. The van der Waals surface area contributed by atoms with E-state index in [0.717, 1.165) is 82.7 Å². The second-order valence-corrected chi connectivity index (χ2v) is 18.3. The molecule has 4 aromatic rings. The number of aromatic nitrogens is 3. The number of fused-ring (bicyclic) bond motifs is 2. The Balaban J connectivity index is 0.770. The predicted molar refractivity (Wildman–Crippen MR) is 236 cm³/mol. The van der Waals surface area contributed by atoms with Gasteiger partial charge in [0.1, 0.15) is 11.1 Å². The number of nitrogens with zero attached hydrogens (tertiary/aromatic N) is 7. The number of benzene rings is 2. The van der Waals surface area contributed by atoms with E-state index in [0.29, 0.717) is 41.3 Å². The van der Waals surface area contributed by atoms with Crippen LogP contribution in [-0.4, -0.2) is 113 Å². The van der Waals surface area contributed by atoms with Crippen LogP contribution in [0, 0.1) is 17.2 Å². The van der Waals surface area contributed by atoms with Gasteiger partial charge in [-0.05, 0) is 107 Å². The number of anilines is 4. The van der Waals surface area contributed by atoms with Crippen LogP contribution >= 0.6 is 11.6 Å². The van der Waals surface area contributed by atoms with Crippen molar-refractivity contribution in [3.05, 3.63) is 74.9 Å².